The van der Waals surface area contributed by atoms with Gasteiger partial charge >= 0.3 is 13.0 Å². The minimum atomic E-state index is -2.08. The molecule has 0 radical (unpaired) electrons. The molecule has 42 heavy (non-hydrogen) atoms. The summed E-state index contributed by atoms with van der Waals surface area (Å²) in [5.74, 6) is 0.579. The summed E-state index contributed by atoms with van der Waals surface area (Å²) in [6.45, 7) is 14.2. The van der Waals surface area contributed by atoms with Crippen LogP contribution in [0.2, 0.25) is 25.0 Å². The Morgan fingerprint density at radius 2 is 1.88 bits per heavy atom. The smallest absolute Gasteiger partial charge is 0.376 e. The second-order valence-corrected chi connectivity index (χ2v) is 17.6. The van der Waals surface area contributed by atoms with Crippen molar-refractivity contribution in [1.82, 2.24) is 9.79 Å². The van der Waals surface area contributed by atoms with Crippen LogP contribution in [-0.4, -0.2) is 62.5 Å². The van der Waals surface area contributed by atoms with E-state index in [0.717, 1.165) is 36.1 Å². The molecule has 2 atom stereocenters. The lowest BCUT2D eigenvalue weighted by Crippen LogP contribution is -2.49. The van der Waals surface area contributed by atoms with Crippen LogP contribution in [0.4, 0.5) is 0 Å². The number of ether oxygens (including phenoxy) is 2. The zero-order chi connectivity index (χ0) is 30.5. The number of carbonyl (C=O) groups is 1. The number of nitrogens with zero attached hydrogens (tertiary/aromatic N) is 2. The van der Waals surface area contributed by atoms with E-state index in [-0.39, 0.29) is 23.2 Å². The monoisotopic (exact) mass is 588 g/mol. The van der Waals surface area contributed by atoms with Crippen molar-refractivity contribution in [2.45, 2.75) is 77.2 Å². The van der Waals surface area contributed by atoms with Crippen molar-refractivity contribution in [2.24, 2.45) is 0 Å². The summed E-state index contributed by atoms with van der Waals surface area (Å²) in [7, 11) is -1.34. The van der Waals surface area contributed by atoms with Gasteiger partial charge in [-0.25, -0.2) is 4.79 Å². The molecule has 7 nitrogen and oxygen atoms in total. The number of aryl methyl sites for hydroxylation is 1. The minimum Gasteiger partial charge on any atom is -0.489 e. The Kier molecular flexibility index (Phi) is 10.3. The molecule has 0 aliphatic carbocycles. The summed E-state index contributed by atoms with van der Waals surface area (Å²) in [6.07, 6.45) is 5.97. The molecular formula is C33H45BN2O5Si. The molecule has 0 amide bonds. The fourth-order valence-electron chi connectivity index (χ4n) is 5.01. The molecule has 0 spiro atoms. The standard InChI is InChI=1S/C33H45BN2O5Si/c1-33(2,3)42(6,7)41-31(28-9-8-18-35-21-28)23-36(34(4)38)22-29-16-15-27-20-25(12-17-30(27)40-29)19-24-10-13-26(14-11-24)32(37)39-5/h8-14,17-18,20-21,29,31,38H,15-16,19,22-23H2,1-7H3/t29-,31+/m1/s1. The van der Waals surface area contributed by atoms with E-state index in [2.05, 4.69) is 67.9 Å². The van der Waals surface area contributed by atoms with Gasteiger partial charge in [0.05, 0.1) is 18.8 Å². The van der Waals surface area contributed by atoms with Crippen molar-refractivity contribution in [3.05, 3.63) is 94.8 Å². The molecule has 1 aromatic heterocycles. The van der Waals surface area contributed by atoms with Crippen molar-refractivity contribution in [1.29, 1.82) is 0 Å². The van der Waals surface area contributed by atoms with Crippen molar-refractivity contribution in [3.8, 4) is 5.75 Å². The molecule has 1 N–H and O–H groups in total. The van der Waals surface area contributed by atoms with Crippen LogP contribution >= 0.6 is 0 Å². The lowest BCUT2D eigenvalue weighted by molar-refractivity contribution is 0.0600. The molecular weight excluding hydrogens is 543 g/mol. The van der Waals surface area contributed by atoms with Crippen molar-refractivity contribution < 1.29 is 23.7 Å². The highest BCUT2D eigenvalue weighted by atomic mass is 28.4. The predicted molar refractivity (Wildman–Crippen MR) is 170 cm³/mol. The lowest BCUT2D eigenvalue weighted by atomic mass is 9.83. The van der Waals surface area contributed by atoms with E-state index < -0.39 is 15.4 Å². The highest BCUT2D eigenvalue weighted by Gasteiger charge is 2.40. The van der Waals surface area contributed by atoms with Gasteiger partial charge in [0.25, 0.3) is 0 Å². The molecule has 9 heteroatoms. The van der Waals surface area contributed by atoms with E-state index in [1.165, 1.54) is 18.2 Å². The number of esters is 1. The number of rotatable bonds is 11. The first-order valence-corrected chi connectivity index (χ1v) is 17.7. The van der Waals surface area contributed by atoms with Crippen LogP contribution in [-0.2, 0) is 22.0 Å². The molecule has 224 valence electrons. The SMILES string of the molecule is COC(=O)c1ccc(Cc2ccc3c(c2)CC[C@H](CN(C[C@H](O[Si](C)(C)C(C)(C)C)c2cccnc2)B(C)O)O3)cc1. The first-order chi connectivity index (χ1) is 19.9. The molecule has 0 unspecified atom stereocenters. The molecule has 2 aromatic carbocycles. The van der Waals surface area contributed by atoms with Gasteiger partial charge in [-0.2, -0.15) is 0 Å². The number of pyridine rings is 1. The largest absolute Gasteiger partial charge is 0.489 e. The molecule has 1 aliphatic rings. The summed E-state index contributed by atoms with van der Waals surface area (Å²) in [5.41, 5.74) is 5.11. The number of benzene rings is 2. The molecule has 0 saturated heterocycles. The van der Waals surface area contributed by atoms with Gasteiger partial charge in [-0.15, -0.1) is 0 Å². The topological polar surface area (TPSA) is 81.1 Å². The van der Waals surface area contributed by atoms with E-state index >= 15 is 0 Å². The van der Waals surface area contributed by atoms with E-state index in [9.17, 15) is 9.82 Å². The van der Waals surface area contributed by atoms with E-state index in [4.69, 9.17) is 13.9 Å². The zero-order valence-corrected chi connectivity index (χ0v) is 27.1. The summed E-state index contributed by atoms with van der Waals surface area (Å²) in [4.78, 5) is 18.1. The molecule has 0 bridgehead atoms. The molecule has 0 fully saturated rings. The van der Waals surface area contributed by atoms with Gasteiger partial charge in [-0.1, -0.05) is 51.1 Å². The van der Waals surface area contributed by atoms with Gasteiger partial charge in [0.15, 0.2) is 8.32 Å². The Morgan fingerprint density at radius 1 is 1.17 bits per heavy atom. The molecule has 4 rings (SSSR count). The van der Waals surface area contributed by atoms with Gasteiger partial charge in [-0.05, 0) is 90.7 Å². The van der Waals surface area contributed by atoms with E-state index in [1.807, 2.05) is 31.2 Å². The predicted octanol–water partition coefficient (Wildman–Crippen LogP) is 6.33. The molecule has 2 heterocycles. The first-order valence-electron chi connectivity index (χ1n) is 14.8. The number of aromatic nitrogens is 1. The second kappa shape index (κ2) is 13.5. The van der Waals surface area contributed by atoms with Gasteiger partial charge in [0.2, 0.25) is 0 Å². The van der Waals surface area contributed by atoms with Crippen LogP contribution in [0.1, 0.15) is 65.9 Å². The summed E-state index contributed by atoms with van der Waals surface area (Å²) in [6, 6.07) is 17.9. The average Bonchev–Trinajstić information content (AvgIpc) is 2.96. The lowest BCUT2D eigenvalue weighted by Gasteiger charge is -2.41. The van der Waals surface area contributed by atoms with E-state index in [0.29, 0.717) is 18.7 Å². The van der Waals surface area contributed by atoms with Crippen LogP contribution in [0.3, 0.4) is 0 Å². The molecule has 0 saturated carbocycles. The second-order valence-electron chi connectivity index (χ2n) is 12.8. The highest BCUT2D eigenvalue weighted by molar-refractivity contribution is 6.74. The van der Waals surface area contributed by atoms with Crippen LogP contribution in [0.5, 0.6) is 5.75 Å². The van der Waals surface area contributed by atoms with E-state index in [1.54, 1.807) is 18.3 Å². The fourth-order valence-corrected chi connectivity index (χ4v) is 6.29. The quantitative estimate of drug-likeness (QED) is 0.207. The number of methoxy groups -OCH3 is 1. The van der Waals surface area contributed by atoms with Crippen LogP contribution in [0, 0.1) is 0 Å². The van der Waals surface area contributed by atoms with Crippen molar-refractivity contribution in [2.75, 3.05) is 20.2 Å². The Bertz CT molecular complexity index is 1330. The maximum absolute atomic E-state index is 11.7. The van der Waals surface area contributed by atoms with Crippen LogP contribution < -0.4 is 4.74 Å². The Balaban J connectivity index is 1.43. The third-order valence-corrected chi connectivity index (χ3v) is 13.1. The molecule has 3 aromatic rings. The third kappa shape index (κ3) is 8.10. The van der Waals surface area contributed by atoms with Crippen LogP contribution in [0.15, 0.2) is 67.0 Å². The maximum Gasteiger partial charge on any atom is 0.376 e. The number of fused-ring (bicyclic) bond motifs is 1. The molecule has 1 aliphatic heterocycles. The van der Waals surface area contributed by atoms with Crippen molar-refractivity contribution in [3.63, 3.8) is 0 Å². The summed E-state index contributed by atoms with van der Waals surface area (Å²) < 4.78 is 18.1. The minimum absolute atomic E-state index is 0.0359. The first kappa shape index (κ1) is 31.9. The van der Waals surface area contributed by atoms with Gasteiger partial charge in [0, 0.05) is 25.5 Å². The Labute approximate surface area is 252 Å². The van der Waals surface area contributed by atoms with Crippen LogP contribution in [0.25, 0.3) is 0 Å². The normalized spacial score (nSPS) is 16.0. The van der Waals surface area contributed by atoms with Gasteiger partial charge < -0.3 is 23.7 Å². The van der Waals surface area contributed by atoms with Crippen molar-refractivity contribution >= 4 is 21.3 Å². The van der Waals surface area contributed by atoms with Gasteiger partial charge in [0.1, 0.15) is 11.9 Å². The Morgan fingerprint density at radius 3 is 2.50 bits per heavy atom. The maximum atomic E-state index is 11.7. The Hall–Kier alpha value is -2.98. The summed E-state index contributed by atoms with van der Waals surface area (Å²) >= 11 is 0. The summed E-state index contributed by atoms with van der Waals surface area (Å²) in [5, 5.41) is 10.9. The number of hydrogen-bond donors (Lipinski definition) is 1. The van der Waals surface area contributed by atoms with Gasteiger partial charge in [-0.3, -0.25) is 4.98 Å². The number of carbonyl (C=O) groups excluding carboxylic acids is 1. The zero-order valence-electron chi connectivity index (χ0n) is 26.1. The highest BCUT2D eigenvalue weighted by Crippen LogP contribution is 2.40. The fraction of sp³-hybridized carbons (Fsp3) is 0.455. The third-order valence-electron chi connectivity index (χ3n) is 8.60. The number of hydrogen-bond acceptors (Lipinski definition) is 7. The average molecular weight is 589 g/mol.